The van der Waals surface area contributed by atoms with Crippen molar-refractivity contribution < 1.29 is 13.3 Å². The quantitative estimate of drug-likeness (QED) is 0.526. The molecule has 156 valence electrons. The highest BCUT2D eigenvalue weighted by Crippen LogP contribution is 2.18. The van der Waals surface area contributed by atoms with Crippen LogP contribution in [0.5, 0.6) is 0 Å². The summed E-state index contributed by atoms with van der Waals surface area (Å²) in [4.78, 5) is 13.0. The molecule has 2 aromatic carbocycles. The van der Waals surface area contributed by atoms with Crippen LogP contribution >= 0.6 is 0 Å². The van der Waals surface area contributed by atoms with E-state index in [1.165, 1.54) is 12.1 Å². The Labute approximate surface area is 171 Å². The number of hydrogen-bond acceptors (Lipinski definition) is 5. The minimum absolute atomic E-state index is 0.104. The van der Waals surface area contributed by atoms with Gasteiger partial charge in [-0.25, -0.2) is 13.1 Å². The molecule has 1 heterocycles. The summed E-state index contributed by atoms with van der Waals surface area (Å²) in [5, 5.41) is 10.7. The highest BCUT2D eigenvalue weighted by atomic mass is 32.2. The van der Waals surface area contributed by atoms with Gasteiger partial charge in [0.25, 0.3) is 5.69 Å². The van der Waals surface area contributed by atoms with E-state index >= 15 is 0 Å². The van der Waals surface area contributed by atoms with Gasteiger partial charge in [0.05, 0.1) is 9.82 Å². The molecule has 1 aliphatic rings. The van der Waals surface area contributed by atoms with Gasteiger partial charge in [0.1, 0.15) is 0 Å². The zero-order chi connectivity index (χ0) is 20.9. The molecule has 0 radical (unpaired) electrons. The Morgan fingerprint density at radius 1 is 1.14 bits per heavy atom. The molecule has 1 unspecified atom stereocenters. The van der Waals surface area contributed by atoms with Crippen LogP contribution in [0.2, 0.25) is 0 Å². The number of nitro groups is 1. The number of hydrogen-bond donors (Lipinski definition) is 1. The summed E-state index contributed by atoms with van der Waals surface area (Å²) in [6.45, 7) is 5.07. The third kappa shape index (κ3) is 6.09. The van der Waals surface area contributed by atoms with Crippen molar-refractivity contribution in [3.8, 4) is 0 Å². The van der Waals surface area contributed by atoms with Gasteiger partial charge in [-0.15, -0.1) is 0 Å². The summed E-state index contributed by atoms with van der Waals surface area (Å²) in [5.74, 6) is 0.279. The average Bonchev–Trinajstić information content (AvgIpc) is 2.72. The fourth-order valence-electron chi connectivity index (χ4n) is 3.62. The van der Waals surface area contributed by atoms with Gasteiger partial charge in [-0.1, -0.05) is 29.8 Å². The number of benzene rings is 2. The van der Waals surface area contributed by atoms with Crippen LogP contribution in [0.15, 0.2) is 53.4 Å². The predicted octanol–water partition coefficient (Wildman–Crippen LogP) is 3.14. The molecule has 1 atom stereocenters. The third-order valence-electron chi connectivity index (χ3n) is 5.36. The van der Waals surface area contributed by atoms with E-state index in [1.54, 1.807) is 36.4 Å². The number of rotatable bonds is 8. The van der Waals surface area contributed by atoms with E-state index in [4.69, 9.17) is 0 Å². The molecule has 1 fully saturated rings. The molecule has 29 heavy (non-hydrogen) atoms. The molecule has 0 saturated carbocycles. The number of nitrogens with one attached hydrogen (secondary N) is 1. The number of non-ortho nitro benzene ring substituents is 1. The Balaban J connectivity index is 1.48. The van der Waals surface area contributed by atoms with Crippen LogP contribution < -0.4 is 4.72 Å². The number of likely N-dealkylation sites (tertiary alicyclic amines) is 1. The Morgan fingerprint density at radius 2 is 1.83 bits per heavy atom. The first-order chi connectivity index (χ1) is 13.8. The van der Waals surface area contributed by atoms with Gasteiger partial charge in [0.2, 0.25) is 10.0 Å². The first-order valence-corrected chi connectivity index (χ1v) is 11.3. The molecular formula is C21H27N3O4S. The van der Waals surface area contributed by atoms with Gasteiger partial charge in [-0.2, -0.15) is 0 Å². The third-order valence-corrected chi connectivity index (χ3v) is 6.80. The highest BCUT2D eigenvalue weighted by molar-refractivity contribution is 7.89. The summed E-state index contributed by atoms with van der Waals surface area (Å²) >= 11 is 0. The van der Waals surface area contributed by atoms with Gasteiger partial charge >= 0.3 is 0 Å². The number of nitro benzene ring substituents is 1. The first-order valence-electron chi connectivity index (χ1n) is 9.85. The Morgan fingerprint density at radius 3 is 2.48 bits per heavy atom. The lowest BCUT2D eigenvalue weighted by atomic mass is 9.98. The van der Waals surface area contributed by atoms with Crippen molar-refractivity contribution >= 4 is 15.7 Å². The lowest BCUT2D eigenvalue weighted by Gasteiger charge is -2.32. The van der Waals surface area contributed by atoms with E-state index in [2.05, 4.69) is 9.62 Å². The van der Waals surface area contributed by atoms with Crippen LogP contribution in [0.4, 0.5) is 5.69 Å². The van der Waals surface area contributed by atoms with E-state index in [9.17, 15) is 18.5 Å². The molecule has 0 bridgehead atoms. The molecule has 0 aliphatic carbocycles. The fraction of sp³-hybridized carbons (Fsp3) is 0.429. The van der Waals surface area contributed by atoms with E-state index in [0.29, 0.717) is 11.4 Å². The second-order valence-electron chi connectivity index (χ2n) is 7.65. The zero-order valence-corrected chi connectivity index (χ0v) is 17.4. The SMILES string of the molecule is Cc1ccc(S(=O)(=O)NCC2CCCN(CCc3ccc([N+](=O)[O-])cc3)C2)cc1. The van der Waals surface area contributed by atoms with E-state index in [1.807, 2.05) is 6.92 Å². The molecule has 0 aromatic heterocycles. The molecule has 1 N–H and O–H groups in total. The van der Waals surface area contributed by atoms with Crippen molar-refractivity contribution in [2.45, 2.75) is 31.1 Å². The van der Waals surface area contributed by atoms with Crippen LogP contribution in [0, 0.1) is 23.0 Å². The van der Waals surface area contributed by atoms with Crippen molar-refractivity contribution in [1.82, 2.24) is 9.62 Å². The second-order valence-corrected chi connectivity index (χ2v) is 9.41. The lowest BCUT2D eigenvalue weighted by molar-refractivity contribution is -0.384. The van der Waals surface area contributed by atoms with E-state index in [0.717, 1.165) is 50.0 Å². The van der Waals surface area contributed by atoms with Crippen molar-refractivity contribution in [2.24, 2.45) is 5.92 Å². The molecule has 2 aromatic rings. The molecular weight excluding hydrogens is 390 g/mol. The molecule has 8 heteroatoms. The molecule has 1 aliphatic heterocycles. The monoisotopic (exact) mass is 417 g/mol. The first kappa shape index (κ1) is 21.4. The predicted molar refractivity (Wildman–Crippen MR) is 112 cm³/mol. The normalized spacial score (nSPS) is 17.9. The topological polar surface area (TPSA) is 92.6 Å². The average molecular weight is 418 g/mol. The van der Waals surface area contributed by atoms with E-state index < -0.39 is 14.9 Å². The van der Waals surface area contributed by atoms with Crippen molar-refractivity contribution in [3.05, 3.63) is 69.8 Å². The van der Waals surface area contributed by atoms with Gasteiger partial charge < -0.3 is 4.90 Å². The second kappa shape index (κ2) is 9.47. The van der Waals surface area contributed by atoms with Crippen molar-refractivity contribution in [2.75, 3.05) is 26.2 Å². The van der Waals surface area contributed by atoms with Gasteiger partial charge in [-0.05, 0) is 56.3 Å². The summed E-state index contributed by atoms with van der Waals surface area (Å²) in [6, 6.07) is 13.5. The molecule has 0 amide bonds. The molecule has 1 saturated heterocycles. The van der Waals surface area contributed by atoms with Crippen molar-refractivity contribution in [1.29, 1.82) is 0 Å². The Hall–Kier alpha value is -2.29. The molecule has 0 spiro atoms. The number of nitrogens with zero attached hydrogens (tertiary/aromatic N) is 2. The Bertz CT molecular complexity index is 927. The maximum Gasteiger partial charge on any atom is 0.269 e. The smallest absolute Gasteiger partial charge is 0.269 e. The summed E-state index contributed by atoms with van der Waals surface area (Å²) in [5.41, 5.74) is 2.20. The van der Waals surface area contributed by atoms with Crippen LogP contribution in [-0.2, 0) is 16.4 Å². The molecule has 7 nitrogen and oxygen atoms in total. The number of piperidine rings is 1. The maximum atomic E-state index is 12.5. The number of aryl methyl sites for hydroxylation is 1. The van der Waals surface area contributed by atoms with E-state index in [-0.39, 0.29) is 11.6 Å². The lowest BCUT2D eigenvalue weighted by Crippen LogP contribution is -2.41. The van der Waals surface area contributed by atoms with Crippen LogP contribution in [0.1, 0.15) is 24.0 Å². The fourth-order valence-corrected chi connectivity index (χ4v) is 4.74. The standard InChI is InChI=1S/C21H27N3O4S/c1-17-4-10-21(11-5-17)29(27,28)22-15-19-3-2-13-23(16-19)14-12-18-6-8-20(9-7-18)24(25)26/h4-11,19,22H,2-3,12-16H2,1H3. The summed E-state index contributed by atoms with van der Waals surface area (Å²) in [7, 11) is -3.48. The molecule has 3 rings (SSSR count). The maximum absolute atomic E-state index is 12.5. The minimum Gasteiger partial charge on any atom is -0.303 e. The zero-order valence-electron chi connectivity index (χ0n) is 16.6. The Kier molecular flexibility index (Phi) is 7.00. The highest BCUT2D eigenvalue weighted by Gasteiger charge is 2.22. The number of sulfonamides is 1. The van der Waals surface area contributed by atoms with Gasteiger partial charge in [0, 0.05) is 31.8 Å². The van der Waals surface area contributed by atoms with Gasteiger partial charge in [-0.3, -0.25) is 10.1 Å². The summed E-state index contributed by atoms with van der Waals surface area (Å²) < 4.78 is 27.7. The largest absolute Gasteiger partial charge is 0.303 e. The van der Waals surface area contributed by atoms with Crippen LogP contribution in [0.25, 0.3) is 0 Å². The van der Waals surface area contributed by atoms with Gasteiger partial charge in [0.15, 0.2) is 0 Å². The minimum atomic E-state index is -3.48. The van der Waals surface area contributed by atoms with Crippen LogP contribution in [-0.4, -0.2) is 44.4 Å². The van der Waals surface area contributed by atoms with Crippen LogP contribution in [0.3, 0.4) is 0 Å². The van der Waals surface area contributed by atoms with Crippen molar-refractivity contribution in [3.63, 3.8) is 0 Å². The summed E-state index contributed by atoms with van der Waals surface area (Å²) in [6.07, 6.45) is 2.86.